The van der Waals surface area contributed by atoms with Crippen molar-refractivity contribution in [1.29, 1.82) is 0 Å². The molecular weight excluding hydrogens is 426 g/mol. The van der Waals surface area contributed by atoms with E-state index in [1.54, 1.807) is 6.33 Å². The van der Waals surface area contributed by atoms with Gasteiger partial charge in [-0.15, -0.1) is 0 Å². The van der Waals surface area contributed by atoms with Gasteiger partial charge in [-0.1, -0.05) is 17.7 Å². The van der Waals surface area contributed by atoms with Gasteiger partial charge in [0, 0.05) is 61.7 Å². The molecule has 0 atom stereocenters. The van der Waals surface area contributed by atoms with Crippen LogP contribution in [0.5, 0.6) is 0 Å². The van der Waals surface area contributed by atoms with Gasteiger partial charge in [0.15, 0.2) is 5.82 Å². The topological polar surface area (TPSA) is 70.4 Å². The van der Waals surface area contributed by atoms with Gasteiger partial charge in [-0.25, -0.2) is 14.6 Å². The molecule has 0 saturated carbocycles. The molecule has 1 amide bonds. The summed E-state index contributed by atoms with van der Waals surface area (Å²) in [5, 5.41) is 5.23. The van der Waals surface area contributed by atoms with Gasteiger partial charge in [-0.3, -0.25) is 4.79 Å². The highest BCUT2D eigenvalue weighted by Gasteiger charge is 2.37. The fourth-order valence-electron chi connectivity index (χ4n) is 4.42. The van der Waals surface area contributed by atoms with Gasteiger partial charge in [-0.2, -0.15) is 5.10 Å². The number of piperazine rings is 1. The number of carbonyl (C=O) groups excluding carboxylic acids is 1. The number of nitrogens with zero attached hydrogens (tertiary/aromatic N) is 7. The molecule has 0 bridgehead atoms. The molecule has 0 unspecified atom stereocenters. The molecule has 2 saturated heterocycles. The first-order valence-corrected chi connectivity index (χ1v) is 11.3. The van der Waals surface area contributed by atoms with Crippen molar-refractivity contribution in [2.45, 2.75) is 13.8 Å². The normalized spacial score (nSPS) is 16.9. The van der Waals surface area contributed by atoms with Crippen molar-refractivity contribution in [2.24, 2.45) is 5.92 Å². The van der Waals surface area contributed by atoms with Gasteiger partial charge in [0.05, 0.1) is 11.6 Å². The molecule has 2 aliphatic heterocycles. The minimum absolute atomic E-state index is 0.0137. The summed E-state index contributed by atoms with van der Waals surface area (Å²) in [5.74, 6) is 1.82. The van der Waals surface area contributed by atoms with Crippen LogP contribution in [0.15, 0.2) is 42.7 Å². The molecule has 8 nitrogen and oxygen atoms in total. The van der Waals surface area contributed by atoms with E-state index in [0.29, 0.717) is 13.1 Å². The zero-order chi connectivity index (χ0) is 22.2. The average Bonchev–Trinajstić information content (AvgIpc) is 3.11. The van der Waals surface area contributed by atoms with Gasteiger partial charge < -0.3 is 14.7 Å². The summed E-state index contributed by atoms with van der Waals surface area (Å²) in [6, 6.07) is 11.8. The van der Waals surface area contributed by atoms with Crippen molar-refractivity contribution in [1.82, 2.24) is 24.6 Å². The van der Waals surface area contributed by atoms with Crippen LogP contribution in [0.3, 0.4) is 0 Å². The monoisotopic (exact) mass is 451 g/mol. The summed E-state index contributed by atoms with van der Waals surface area (Å²) in [6.45, 7) is 8.44. The molecule has 3 aromatic rings. The molecule has 0 aliphatic carbocycles. The number of amides is 1. The molecule has 32 heavy (non-hydrogen) atoms. The van der Waals surface area contributed by atoms with Crippen molar-refractivity contribution in [2.75, 3.05) is 49.1 Å². The Bertz CT molecular complexity index is 1130. The number of halogens is 1. The van der Waals surface area contributed by atoms with Crippen LogP contribution in [-0.2, 0) is 4.79 Å². The number of anilines is 2. The quantitative estimate of drug-likeness (QED) is 0.607. The Labute approximate surface area is 192 Å². The fourth-order valence-corrected chi connectivity index (χ4v) is 4.61. The van der Waals surface area contributed by atoms with Crippen molar-refractivity contribution in [3.05, 3.63) is 59.1 Å². The first kappa shape index (κ1) is 20.8. The summed E-state index contributed by atoms with van der Waals surface area (Å²) in [5.41, 5.74) is 3.09. The number of aromatic nitrogens is 4. The number of aryl methyl sites for hydroxylation is 2. The number of carbonyl (C=O) groups is 1. The van der Waals surface area contributed by atoms with Crippen molar-refractivity contribution < 1.29 is 4.79 Å². The highest BCUT2D eigenvalue weighted by atomic mass is 35.5. The van der Waals surface area contributed by atoms with E-state index in [1.165, 1.54) is 0 Å². The van der Waals surface area contributed by atoms with Gasteiger partial charge in [0.25, 0.3) is 0 Å². The lowest BCUT2D eigenvalue weighted by Gasteiger charge is -2.43. The van der Waals surface area contributed by atoms with Crippen LogP contribution in [0.1, 0.15) is 11.4 Å². The van der Waals surface area contributed by atoms with E-state index in [1.807, 2.05) is 53.8 Å². The second-order valence-corrected chi connectivity index (χ2v) is 8.90. The molecular formula is C23H26ClN7O. The predicted octanol–water partition coefficient (Wildman–Crippen LogP) is 2.72. The Morgan fingerprint density at radius 1 is 0.969 bits per heavy atom. The highest BCUT2D eigenvalue weighted by Crippen LogP contribution is 2.27. The van der Waals surface area contributed by atoms with E-state index < -0.39 is 0 Å². The van der Waals surface area contributed by atoms with Crippen LogP contribution < -0.4 is 9.80 Å². The Morgan fingerprint density at radius 3 is 2.41 bits per heavy atom. The third kappa shape index (κ3) is 4.02. The van der Waals surface area contributed by atoms with Crippen molar-refractivity contribution in [3.63, 3.8) is 0 Å². The van der Waals surface area contributed by atoms with Crippen molar-refractivity contribution in [3.8, 4) is 5.82 Å². The molecule has 5 rings (SSSR count). The zero-order valence-corrected chi connectivity index (χ0v) is 19.0. The zero-order valence-electron chi connectivity index (χ0n) is 18.3. The van der Waals surface area contributed by atoms with E-state index in [-0.39, 0.29) is 11.8 Å². The Morgan fingerprint density at radius 2 is 1.72 bits per heavy atom. The smallest absolute Gasteiger partial charge is 0.229 e. The summed E-state index contributed by atoms with van der Waals surface area (Å²) in [7, 11) is 0. The highest BCUT2D eigenvalue weighted by molar-refractivity contribution is 6.30. The second kappa shape index (κ2) is 8.43. The van der Waals surface area contributed by atoms with Gasteiger partial charge >= 0.3 is 0 Å². The lowest BCUT2D eigenvalue weighted by molar-refractivity contribution is -0.136. The Balaban J connectivity index is 1.17. The Hall–Kier alpha value is -3.13. The summed E-state index contributed by atoms with van der Waals surface area (Å²) >= 11 is 6.12. The third-order valence-corrected chi connectivity index (χ3v) is 6.42. The SMILES string of the molecule is Cc1cc(C)n(-c2cc(N3CC(C(=O)N4CCN(c5cccc(Cl)c5)CC4)C3)ncn2)n1. The van der Waals surface area contributed by atoms with Crippen molar-refractivity contribution >= 4 is 29.0 Å². The maximum absolute atomic E-state index is 13.0. The molecule has 2 fully saturated rings. The molecule has 0 spiro atoms. The summed E-state index contributed by atoms with van der Waals surface area (Å²) < 4.78 is 1.82. The predicted molar refractivity (Wildman–Crippen MR) is 125 cm³/mol. The molecule has 166 valence electrons. The maximum Gasteiger partial charge on any atom is 0.229 e. The van der Waals surface area contributed by atoms with Gasteiger partial charge in [0.2, 0.25) is 5.91 Å². The standard InChI is InChI=1S/C23H26ClN7O/c1-16-10-17(2)31(27-16)22-12-21(25-15-26-22)30-13-18(14-30)23(32)29-8-6-28(7-9-29)20-5-3-4-19(24)11-20/h3-5,10-12,15,18H,6-9,13-14H2,1-2H3. The van der Waals surface area contributed by atoms with E-state index in [0.717, 1.165) is 59.9 Å². The third-order valence-electron chi connectivity index (χ3n) is 6.18. The second-order valence-electron chi connectivity index (χ2n) is 8.47. The molecule has 1 aromatic carbocycles. The fraction of sp³-hybridized carbons (Fsp3) is 0.391. The van der Waals surface area contributed by atoms with Gasteiger partial charge in [-0.05, 0) is 38.1 Å². The van der Waals surface area contributed by atoms with E-state index in [9.17, 15) is 4.79 Å². The maximum atomic E-state index is 13.0. The largest absolute Gasteiger partial charge is 0.368 e. The van der Waals surface area contributed by atoms with Crippen LogP contribution in [0.4, 0.5) is 11.5 Å². The average molecular weight is 452 g/mol. The minimum Gasteiger partial charge on any atom is -0.368 e. The Kier molecular flexibility index (Phi) is 5.46. The molecule has 9 heteroatoms. The number of benzene rings is 1. The van der Waals surface area contributed by atoms with Gasteiger partial charge in [0.1, 0.15) is 12.1 Å². The molecule has 4 heterocycles. The van der Waals surface area contributed by atoms with Crippen LogP contribution in [0.25, 0.3) is 5.82 Å². The number of hydrogen-bond donors (Lipinski definition) is 0. The number of rotatable bonds is 4. The molecule has 0 N–H and O–H groups in total. The summed E-state index contributed by atoms with van der Waals surface area (Å²) in [4.78, 5) is 28.2. The lowest BCUT2D eigenvalue weighted by Crippen LogP contribution is -2.58. The van der Waals surface area contributed by atoms with Crippen LogP contribution in [0, 0.1) is 19.8 Å². The van der Waals surface area contributed by atoms with Crippen LogP contribution in [-0.4, -0.2) is 69.8 Å². The summed E-state index contributed by atoms with van der Waals surface area (Å²) in [6.07, 6.45) is 1.56. The van der Waals surface area contributed by atoms with E-state index >= 15 is 0 Å². The molecule has 2 aromatic heterocycles. The van der Waals surface area contributed by atoms with E-state index in [2.05, 4.69) is 30.9 Å². The lowest BCUT2D eigenvalue weighted by atomic mass is 9.98. The molecule has 2 aliphatic rings. The molecule has 0 radical (unpaired) electrons. The van der Waals surface area contributed by atoms with Crippen LogP contribution >= 0.6 is 11.6 Å². The first-order chi connectivity index (χ1) is 15.5. The minimum atomic E-state index is 0.0137. The van der Waals surface area contributed by atoms with E-state index in [4.69, 9.17) is 11.6 Å². The number of hydrogen-bond acceptors (Lipinski definition) is 6. The first-order valence-electron chi connectivity index (χ1n) is 10.9. The van der Waals surface area contributed by atoms with Crippen LogP contribution in [0.2, 0.25) is 5.02 Å².